The molecule has 0 radical (unpaired) electrons. The number of aromatic amines is 1. The monoisotopic (exact) mass is 261 g/mol. The Kier molecular flexibility index (Phi) is 2.56. The molecule has 1 saturated heterocycles. The Labute approximate surface area is 112 Å². The van der Waals surface area contributed by atoms with Gasteiger partial charge < -0.3 is 14.3 Å². The Balaban J connectivity index is 2.01. The largest absolute Gasteiger partial charge is 0.512 e. The summed E-state index contributed by atoms with van der Waals surface area (Å²) in [7, 11) is -0.489. The van der Waals surface area contributed by atoms with Crippen LogP contribution in [0.4, 0.5) is 4.39 Å². The maximum absolute atomic E-state index is 13.7. The predicted molar refractivity (Wildman–Crippen MR) is 74.0 cm³/mol. The first-order valence-electron chi connectivity index (χ1n) is 6.43. The van der Waals surface area contributed by atoms with Crippen molar-refractivity contribution in [2.75, 3.05) is 0 Å². The highest BCUT2D eigenvalue weighted by molar-refractivity contribution is 6.61. The molecule has 1 aromatic carbocycles. The summed E-state index contributed by atoms with van der Waals surface area (Å²) >= 11 is 0. The maximum atomic E-state index is 13.7. The summed E-state index contributed by atoms with van der Waals surface area (Å²) in [4.78, 5) is 3.16. The summed E-state index contributed by atoms with van der Waals surface area (Å²) in [6, 6.07) is 6.73. The number of aromatic nitrogens is 1. The van der Waals surface area contributed by atoms with E-state index in [0.717, 1.165) is 11.1 Å². The van der Waals surface area contributed by atoms with Crippen molar-refractivity contribution in [1.82, 2.24) is 4.98 Å². The smallest absolute Gasteiger partial charge is 0.398 e. The molecule has 2 aromatic rings. The van der Waals surface area contributed by atoms with E-state index in [1.54, 1.807) is 12.1 Å². The molecule has 1 aliphatic rings. The summed E-state index contributed by atoms with van der Waals surface area (Å²) in [6.45, 7) is 7.99. The summed E-state index contributed by atoms with van der Waals surface area (Å²) in [5, 5.41) is 0.562. The van der Waals surface area contributed by atoms with Crippen LogP contribution < -0.4 is 5.59 Å². The normalized spacial score (nSPS) is 21.2. The Hall–Kier alpha value is -1.33. The molecule has 0 unspecified atom stereocenters. The number of rotatable bonds is 1. The second-order valence-electron chi connectivity index (χ2n) is 6.01. The Bertz CT molecular complexity index is 619. The first kappa shape index (κ1) is 12.7. The minimum Gasteiger partial charge on any atom is -0.398 e. The summed E-state index contributed by atoms with van der Waals surface area (Å²) in [6.07, 6.45) is 0. The maximum Gasteiger partial charge on any atom is 0.512 e. The predicted octanol–water partition coefficient (Wildman–Crippen LogP) is 2.61. The quantitative estimate of drug-likeness (QED) is 0.800. The molecule has 1 aromatic heterocycles. The van der Waals surface area contributed by atoms with Crippen LogP contribution in [0.25, 0.3) is 10.9 Å². The van der Waals surface area contributed by atoms with Crippen LogP contribution in [0.2, 0.25) is 0 Å². The third-order valence-electron chi connectivity index (χ3n) is 4.14. The first-order chi connectivity index (χ1) is 8.80. The molecule has 1 fully saturated rings. The van der Waals surface area contributed by atoms with Gasteiger partial charge in [-0.15, -0.1) is 0 Å². The van der Waals surface area contributed by atoms with Crippen molar-refractivity contribution in [2.45, 2.75) is 38.9 Å². The van der Waals surface area contributed by atoms with Gasteiger partial charge in [0.1, 0.15) is 5.82 Å². The average Bonchev–Trinajstić information content (AvgIpc) is 2.80. The van der Waals surface area contributed by atoms with E-state index in [1.807, 2.05) is 33.8 Å². The first-order valence-corrected chi connectivity index (χ1v) is 6.43. The standard InChI is InChI=1S/C14H17BFNO2/c1-13(2)14(3,4)19-15(18-13)12-8-9-10(16)6-5-7-11(9)17-12/h5-8,17H,1-4H3. The van der Waals surface area contributed by atoms with Crippen LogP contribution in [-0.2, 0) is 9.31 Å². The van der Waals surface area contributed by atoms with E-state index in [2.05, 4.69) is 4.98 Å². The number of hydrogen-bond donors (Lipinski definition) is 1. The van der Waals surface area contributed by atoms with E-state index < -0.39 is 18.3 Å². The lowest BCUT2D eigenvalue weighted by atomic mass is 9.85. The molecule has 1 N–H and O–H groups in total. The molecule has 0 spiro atoms. The van der Waals surface area contributed by atoms with E-state index >= 15 is 0 Å². The second-order valence-corrected chi connectivity index (χ2v) is 6.01. The molecule has 3 nitrogen and oxygen atoms in total. The number of benzene rings is 1. The third-order valence-corrected chi connectivity index (χ3v) is 4.14. The topological polar surface area (TPSA) is 34.2 Å². The molecule has 0 aliphatic carbocycles. The van der Waals surface area contributed by atoms with Crippen molar-refractivity contribution in [3.63, 3.8) is 0 Å². The second kappa shape index (κ2) is 3.84. The van der Waals surface area contributed by atoms with Gasteiger partial charge in [-0.25, -0.2) is 4.39 Å². The minimum absolute atomic E-state index is 0.239. The molecular formula is C14H17BFNO2. The van der Waals surface area contributed by atoms with Gasteiger partial charge in [-0.2, -0.15) is 0 Å². The zero-order chi connectivity index (χ0) is 13.8. The van der Waals surface area contributed by atoms with Crippen molar-refractivity contribution >= 4 is 23.6 Å². The molecular weight excluding hydrogens is 244 g/mol. The van der Waals surface area contributed by atoms with Crippen molar-refractivity contribution in [3.05, 3.63) is 30.1 Å². The van der Waals surface area contributed by atoms with Gasteiger partial charge in [-0.1, -0.05) is 6.07 Å². The van der Waals surface area contributed by atoms with Gasteiger partial charge in [0, 0.05) is 16.5 Å². The Morgan fingerprint density at radius 1 is 1.11 bits per heavy atom. The van der Waals surface area contributed by atoms with Crippen LogP contribution in [-0.4, -0.2) is 23.3 Å². The summed E-state index contributed by atoms with van der Waals surface area (Å²) < 4.78 is 25.6. The number of halogens is 1. The van der Waals surface area contributed by atoms with Gasteiger partial charge >= 0.3 is 7.12 Å². The zero-order valence-electron chi connectivity index (χ0n) is 11.6. The van der Waals surface area contributed by atoms with Crippen LogP contribution in [0.1, 0.15) is 27.7 Å². The molecule has 3 rings (SSSR count). The summed E-state index contributed by atoms with van der Waals surface area (Å²) in [5.41, 5.74) is 0.713. The number of nitrogens with one attached hydrogen (secondary N) is 1. The minimum atomic E-state index is -0.489. The summed E-state index contributed by atoms with van der Waals surface area (Å²) in [5.74, 6) is -0.239. The van der Waals surface area contributed by atoms with Crippen LogP contribution in [0, 0.1) is 5.82 Å². The van der Waals surface area contributed by atoms with Gasteiger partial charge in [-0.3, -0.25) is 0 Å². The lowest BCUT2D eigenvalue weighted by molar-refractivity contribution is 0.00578. The van der Waals surface area contributed by atoms with Crippen LogP contribution >= 0.6 is 0 Å². The van der Waals surface area contributed by atoms with E-state index in [1.165, 1.54) is 6.07 Å². The van der Waals surface area contributed by atoms with Crippen molar-refractivity contribution in [3.8, 4) is 0 Å². The Morgan fingerprint density at radius 2 is 1.74 bits per heavy atom. The number of hydrogen-bond acceptors (Lipinski definition) is 2. The molecule has 0 bridgehead atoms. The highest BCUT2D eigenvalue weighted by Crippen LogP contribution is 2.36. The van der Waals surface area contributed by atoms with Gasteiger partial charge in [0.2, 0.25) is 0 Å². The fourth-order valence-corrected chi connectivity index (χ4v) is 2.24. The average molecular weight is 261 g/mol. The van der Waals surface area contributed by atoms with Gasteiger partial charge in [-0.05, 0) is 45.9 Å². The SMILES string of the molecule is CC1(C)OB(c2cc3c(F)cccc3[nH]2)OC1(C)C. The van der Waals surface area contributed by atoms with Crippen LogP contribution in [0.5, 0.6) is 0 Å². The van der Waals surface area contributed by atoms with Crippen molar-refractivity contribution < 1.29 is 13.7 Å². The van der Waals surface area contributed by atoms with E-state index in [0.29, 0.717) is 5.39 Å². The highest BCUT2D eigenvalue weighted by atomic mass is 19.1. The molecule has 0 atom stereocenters. The number of H-pyrrole nitrogens is 1. The van der Waals surface area contributed by atoms with E-state index in [4.69, 9.17) is 9.31 Å². The van der Waals surface area contributed by atoms with Crippen molar-refractivity contribution in [1.29, 1.82) is 0 Å². The van der Waals surface area contributed by atoms with Crippen LogP contribution in [0.15, 0.2) is 24.3 Å². The van der Waals surface area contributed by atoms with Gasteiger partial charge in [0.25, 0.3) is 0 Å². The fourth-order valence-electron chi connectivity index (χ4n) is 2.24. The molecule has 100 valence electrons. The van der Waals surface area contributed by atoms with E-state index in [9.17, 15) is 4.39 Å². The highest BCUT2D eigenvalue weighted by Gasteiger charge is 2.52. The molecule has 2 heterocycles. The molecule has 19 heavy (non-hydrogen) atoms. The molecule has 0 saturated carbocycles. The fraction of sp³-hybridized carbons (Fsp3) is 0.429. The van der Waals surface area contributed by atoms with Crippen LogP contribution in [0.3, 0.4) is 0 Å². The van der Waals surface area contributed by atoms with Crippen molar-refractivity contribution in [2.24, 2.45) is 0 Å². The van der Waals surface area contributed by atoms with Gasteiger partial charge in [0.15, 0.2) is 0 Å². The molecule has 1 aliphatic heterocycles. The Morgan fingerprint density at radius 3 is 2.32 bits per heavy atom. The molecule has 0 amide bonds. The molecule has 5 heteroatoms. The zero-order valence-corrected chi connectivity index (χ0v) is 11.6. The van der Waals surface area contributed by atoms with Gasteiger partial charge in [0.05, 0.1) is 11.2 Å². The lowest BCUT2D eigenvalue weighted by Gasteiger charge is -2.32. The lowest BCUT2D eigenvalue weighted by Crippen LogP contribution is -2.41. The van der Waals surface area contributed by atoms with E-state index in [-0.39, 0.29) is 5.82 Å². The number of fused-ring (bicyclic) bond motifs is 1. The third kappa shape index (κ3) is 1.88.